The van der Waals surface area contributed by atoms with E-state index in [-0.39, 0.29) is 11.9 Å². The summed E-state index contributed by atoms with van der Waals surface area (Å²) in [7, 11) is 1.66. The van der Waals surface area contributed by atoms with E-state index in [0.717, 1.165) is 15.8 Å². The number of hydrogen-bond acceptors (Lipinski definition) is 2. The summed E-state index contributed by atoms with van der Waals surface area (Å²) in [6.07, 6.45) is 0. The second-order valence-electron chi connectivity index (χ2n) is 4.61. The van der Waals surface area contributed by atoms with Gasteiger partial charge in [-0.05, 0) is 42.3 Å². The third-order valence-electron chi connectivity index (χ3n) is 3.23. The maximum absolute atomic E-state index is 13.0. The van der Waals surface area contributed by atoms with Gasteiger partial charge in [0, 0.05) is 17.1 Å². The van der Waals surface area contributed by atoms with Gasteiger partial charge >= 0.3 is 0 Å². The molecule has 2 aromatic carbocycles. The molecule has 0 saturated heterocycles. The lowest BCUT2D eigenvalue weighted by Gasteiger charge is -2.15. The highest BCUT2D eigenvalue weighted by Crippen LogP contribution is 2.21. The molecule has 2 aromatic rings. The summed E-state index contributed by atoms with van der Waals surface area (Å²) in [6.45, 7) is 2.77. The van der Waals surface area contributed by atoms with E-state index in [9.17, 15) is 4.39 Å². The number of methoxy groups -OCH3 is 1. The molecule has 0 radical (unpaired) electrons. The van der Waals surface area contributed by atoms with Crippen LogP contribution in [0.15, 0.2) is 46.9 Å². The van der Waals surface area contributed by atoms with Crippen LogP contribution in [0.4, 0.5) is 4.39 Å². The van der Waals surface area contributed by atoms with E-state index in [0.29, 0.717) is 6.54 Å². The molecule has 0 aliphatic rings. The first-order chi connectivity index (χ1) is 9.60. The number of benzene rings is 2. The Morgan fingerprint density at radius 3 is 2.50 bits per heavy atom. The third-order valence-corrected chi connectivity index (χ3v) is 3.97. The molecule has 1 unspecified atom stereocenters. The van der Waals surface area contributed by atoms with Crippen LogP contribution >= 0.6 is 15.9 Å². The zero-order valence-corrected chi connectivity index (χ0v) is 13.1. The minimum absolute atomic E-state index is 0.206. The number of nitrogens with one attached hydrogen (secondary N) is 1. The lowest BCUT2D eigenvalue weighted by molar-refractivity contribution is 0.414. The Balaban J connectivity index is 1.98. The Kier molecular flexibility index (Phi) is 5.15. The summed E-state index contributed by atoms with van der Waals surface area (Å²) in [6, 6.07) is 12.9. The van der Waals surface area contributed by atoms with E-state index in [1.54, 1.807) is 13.2 Å². The van der Waals surface area contributed by atoms with Crippen LogP contribution in [-0.4, -0.2) is 7.11 Å². The molecule has 0 heterocycles. The molecule has 0 bridgehead atoms. The normalized spacial score (nSPS) is 12.2. The molecule has 1 N–H and O–H groups in total. The van der Waals surface area contributed by atoms with Gasteiger partial charge in [0.2, 0.25) is 0 Å². The van der Waals surface area contributed by atoms with E-state index >= 15 is 0 Å². The SMILES string of the molecule is COc1ccc(C(C)NCc2ccc(F)cc2Br)cc1. The summed E-state index contributed by atoms with van der Waals surface area (Å²) in [5, 5.41) is 3.42. The van der Waals surface area contributed by atoms with Crippen LogP contribution in [-0.2, 0) is 6.54 Å². The van der Waals surface area contributed by atoms with Crippen LogP contribution < -0.4 is 10.1 Å². The van der Waals surface area contributed by atoms with Gasteiger partial charge in [-0.3, -0.25) is 0 Å². The van der Waals surface area contributed by atoms with Crippen molar-refractivity contribution in [1.82, 2.24) is 5.32 Å². The van der Waals surface area contributed by atoms with Gasteiger partial charge in [-0.25, -0.2) is 4.39 Å². The molecule has 2 rings (SSSR count). The molecule has 0 fully saturated rings. The lowest BCUT2D eigenvalue weighted by atomic mass is 10.1. The molecular formula is C16H17BrFNO. The summed E-state index contributed by atoms with van der Waals surface area (Å²) in [4.78, 5) is 0. The molecular weight excluding hydrogens is 321 g/mol. The first-order valence-corrected chi connectivity index (χ1v) is 7.20. The monoisotopic (exact) mass is 337 g/mol. The molecule has 2 nitrogen and oxygen atoms in total. The third kappa shape index (κ3) is 3.81. The summed E-state index contributed by atoms with van der Waals surface area (Å²) in [5.41, 5.74) is 2.22. The quantitative estimate of drug-likeness (QED) is 0.870. The molecule has 0 aliphatic carbocycles. The highest BCUT2D eigenvalue weighted by Gasteiger charge is 2.07. The van der Waals surface area contributed by atoms with Crippen molar-refractivity contribution < 1.29 is 9.13 Å². The molecule has 0 amide bonds. The second-order valence-corrected chi connectivity index (χ2v) is 5.47. The standard InChI is InChI=1S/C16H17BrFNO/c1-11(12-4-7-15(20-2)8-5-12)19-10-13-3-6-14(18)9-16(13)17/h3-9,11,19H,10H2,1-2H3. The van der Waals surface area contributed by atoms with E-state index < -0.39 is 0 Å². The fraction of sp³-hybridized carbons (Fsp3) is 0.250. The largest absolute Gasteiger partial charge is 0.497 e. The van der Waals surface area contributed by atoms with E-state index in [1.165, 1.54) is 17.7 Å². The van der Waals surface area contributed by atoms with Gasteiger partial charge < -0.3 is 10.1 Å². The lowest BCUT2D eigenvalue weighted by Crippen LogP contribution is -2.18. The molecule has 20 heavy (non-hydrogen) atoms. The molecule has 0 saturated carbocycles. The molecule has 0 aromatic heterocycles. The Morgan fingerprint density at radius 1 is 1.20 bits per heavy atom. The van der Waals surface area contributed by atoms with Gasteiger partial charge in [-0.15, -0.1) is 0 Å². The zero-order chi connectivity index (χ0) is 14.5. The maximum Gasteiger partial charge on any atom is 0.124 e. The highest BCUT2D eigenvalue weighted by molar-refractivity contribution is 9.10. The first kappa shape index (κ1) is 15.0. The smallest absolute Gasteiger partial charge is 0.124 e. The van der Waals surface area contributed by atoms with E-state index in [4.69, 9.17) is 4.74 Å². The van der Waals surface area contributed by atoms with Crippen molar-refractivity contribution in [3.8, 4) is 5.75 Å². The van der Waals surface area contributed by atoms with Gasteiger partial charge in [-0.1, -0.05) is 34.1 Å². The second kappa shape index (κ2) is 6.86. The average Bonchev–Trinajstić information content (AvgIpc) is 2.46. The van der Waals surface area contributed by atoms with Crippen LogP contribution in [0.5, 0.6) is 5.75 Å². The number of halogens is 2. The minimum atomic E-state index is -0.233. The Morgan fingerprint density at radius 2 is 1.90 bits per heavy atom. The Bertz CT molecular complexity index is 571. The molecule has 4 heteroatoms. The predicted octanol–water partition coefficient (Wildman–Crippen LogP) is 4.45. The van der Waals surface area contributed by atoms with Gasteiger partial charge in [0.05, 0.1) is 7.11 Å². The van der Waals surface area contributed by atoms with Crippen molar-refractivity contribution >= 4 is 15.9 Å². The average molecular weight is 338 g/mol. The number of hydrogen-bond donors (Lipinski definition) is 1. The highest BCUT2D eigenvalue weighted by atomic mass is 79.9. The van der Waals surface area contributed by atoms with Crippen molar-refractivity contribution in [2.75, 3.05) is 7.11 Å². The maximum atomic E-state index is 13.0. The number of ether oxygens (including phenoxy) is 1. The molecule has 106 valence electrons. The fourth-order valence-electron chi connectivity index (χ4n) is 1.94. The van der Waals surface area contributed by atoms with Crippen LogP contribution in [0.2, 0.25) is 0 Å². The molecule has 1 atom stereocenters. The van der Waals surface area contributed by atoms with E-state index in [1.807, 2.05) is 24.3 Å². The van der Waals surface area contributed by atoms with Crippen molar-refractivity contribution in [2.45, 2.75) is 19.5 Å². The van der Waals surface area contributed by atoms with Crippen molar-refractivity contribution in [1.29, 1.82) is 0 Å². The van der Waals surface area contributed by atoms with Crippen molar-refractivity contribution in [3.63, 3.8) is 0 Å². The van der Waals surface area contributed by atoms with Crippen molar-refractivity contribution in [3.05, 3.63) is 63.9 Å². The fourth-order valence-corrected chi connectivity index (χ4v) is 2.43. The number of rotatable bonds is 5. The summed E-state index contributed by atoms with van der Waals surface area (Å²) >= 11 is 3.38. The molecule has 0 spiro atoms. The summed E-state index contributed by atoms with van der Waals surface area (Å²) in [5.74, 6) is 0.617. The first-order valence-electron chi connectivity index (χ1n) is 6.41. The molecule has 0 aliphatic heterocycles. The van der Waals surface area contributed by atoms with Crippen LogP contribution in [0, 0.1) is 5.82 Å². The predicted molar refractivity (Wildman–Crippen MR) is 82.3 cm³/mol. The minimum Gasteiger partial charge on any atom is -0.497 e. The van der Waals surface area contributed by atoms with Gasteiger partial charge in [0.15, 0.2) is 0 Å². The van der Waals surface area contributed by atoms with E-state index in [2.05, 4.69) is 28.2 Å². The van der Waals surface area contributed by atoms with Crippen LogP contribution in [0.1, 0.15) is 24.1 Å². The van der Waals surface area contributed by atoms with Crippen LogP contribution in [0.25, 0.3) is 0 Å². The Labute approximate surface area is 127 Å². The van der Waals surface area contributed by atoms with Gasteiger partial charge in [0.25, 0.3) is 0 Å². The van der Waals surface area contributed by atoms with Gasteiger partial charge in [0.1, 0.15) is 11.6 Å². The zero-order valence-electron chi connectivity index (χ0n) is 11.5. The van der Waals surface area contributed by atoms with Crippen molar-refractivity contribution in [2.24, 2.45) is 0 Å². The van der Waals surface area contributed by atoms with Gasteiger partial charge in [-0.2, -0.15) is 0 Å². The summed E-state index contributed by atoms with van der Waals surface area (Å²) < 4.78 is 18.9. The Hall–Kier alpha value is -1.39. The topological polar surface area (TPSA) is 21.3 Å². The van der Waals surface area contributed by atoms with Crippen LogP contribution in [0.3, 0.4) is 0 Å².